The highest BCUT2D eigenvalue weighted by Crippen LogP contribution is 2.10. The minimum atomic E-state index is -0.447. The molecule has 0 bridgehead atoms. The molecule has 0 saturated heterocycles. The molecule has 4 nitrogen and oxygen atoms in total. The van der Waals surface area contributed by atoms with Gasteiger partial charge in [0.05, 0.1) is 0 Å². The summed E-state index contributed by atoms with van der Waals surface area (Å²) in [6, 6.07) is 8.33. The summed E-state index contributed by atoms with van der Waals surface area (Å²) >= 11 is 0. The van der Waals surface area contributed by atoms with Gasteiger partial charge in [-0.25, -0.2) is 4.79 Å². The Morgan fingerprint density at radius 2 is 1.91 bits per heavy atom. The fourth-order valence-electron chi connectivity index (χ4n) is 2.14. The van der Waals surface area contributed by atoms with Crippen molar-refractivity contribution in [3.63, 3.8) is 0 Å². The van der Waals surface area contributed by atoms with Crippen molar-refractivity contribution in [3.05, 3.63) is 35.4 Å². The van der Waals surface area contributed by atoms with Crippen LogP contribution in [0.15, 0.2) is 24.3 Å². The normalized spacial score (nSPS) is 11.3. The van der Waals surface area contributed by atoms with Crippen LogP contribution in [-0.2, 0) is 11.3 Å². The Morgan fingerprint density at radius 3 is 2.50 bits per heavy atom. The van der Waals surface area contributed by atoms with Crippen molar-refractivity contribution in [2.75, 3.05) is 19.6 Å². The fraction of sp³-hybridized carbons (Fsp3) is 0.611. The first-order valence-electron chi connectivity index (χ1n) is 8.06. The van der Waals surface area contributed by atoms with E-state index in [9.17, 15) is 4.79 Å². The average molecular weight is 306 g/mol. The maximum Gasteiger partial charge on any atom is 0.410 e. The molecule has 1 amide bonds. The van der Waals surface area contributed by atoms with E-state index in [-0.39, 0.29) is 6.09 Å². The van der Waals surface area contributed by atoms with Gasteiger partial charge >= 0.3 is 6.09 Å². The lowest BCUT2D eigenvalue weighted by Crippen LogP contribution is -2.40. The Balaban J connectivity index is 2.41. The van der Waals surface area contributed by atoms with Gasteiger partial charge in [0.2, 0.25) is 0 Å². The Hall–Kier alpha value is -1.55. The zero-order chi connectivity index (χ0) is 16.6. The van der Waals surface area contributed by atoms with Crippen LogP contribution >= 0.6 is 0 Å². The van der Waals surface area contributed by atoms with Crippen molar-refractivity contribution < 1.29 is 9.53 Å². The predicted molar refractivity (Wildman–Crippen MR) is 91.0 cm³/mol. The molecular formula is C18H30N2O2. The molecule has 1 rings (SSSR count). The number of nitrogens with one attached hydrogen (secondary N) is 1. The molecule has 0 atom stereocenters. The lowest BCUT2D eigenvalue weighted by molar-refractivity contribution is 0.0252. The number of ether oxygens (including phenoxy) is 1. The third-order valence-electron chi connectivity index (χ3n) is 3.28. The van der Waals surface area contributed by atoms with E-state index in [0.717, 1.165) is 26.1 Å². The molecule has 1 aromatic rings. The first kappa shape index (κ1) is 18.5. The van der Waals surface area contributed by atoms with Crippen molar-refractivity contribution >= 4 is 6.09 Å². The second kappa shape index (κ2) is 8.79. The summed E-state index contributed by atoms with van der Waals surface area (Å²) in [4.78, 5) is 13.9. The zero-order valence-corrected chi connectivity index (χ0v) is 14.6. The predicted octanol–water partition coefficient (Wildman–Crippen LogP) is 3.73. The van der Waals surface area contributed by atoms with Gasteiger partial charge in [0.15, 0.2) is 0 Å². The Morgan fingerprint density at radius 1 is 1.23 bits per heavy atom. The van der Waals surface area contributed by atoms with E-state index in [1.54, 1.807) is 4.90 Å². The molecule has 1 N–H and O–H groups in total. The van der Waals surface area contributed by atoms with Gasteiger partial charge < -0.3 is 15.0 Å². The van der Waals surface area contributed by atoms with Crippen LogP contribution in [0, 0.1) is 6.92 Å². The summed E-state index contributed by atoms with van der Waals surface area (Å²) in [6.07, 6.45) is 0.698. The van der Waals surface area contributed by atoms with E-state index >= 15 is 0 Å². The number of amides is 1. The number of benzene rings is 1. The van der Waals surface area contributed by atoms with Crippen LogP contribution in [0.4, 0.5) is 4.79 Å². The molecule has 0 aliphatic heterocycles. The summed E-state index contributed by atoms with van der Waals surface area (Å²) in [5.74, 6) is 0. The van der Waals surface area contributed by atoms with Crippen molar-refractivity contribution in [2.45, 2.75) is 53.2 Å². The highest BCUT2D eigenvalue weighted by Gasteiger charge is 2.21. The molecule has 22 heavy (non-hydrogen) atoms. The van der Waals surface area contributed by atoms with Gasteiger partial charge in [0.1, 0.15) is 5.60 Å². The molecule has 1 aromatic carbocycles. The van der Waals surface area contributed by atoms with Crippen LogP contribution in [0.25, 0.3) is 0 Å². The minimum Gasteiger partial charge on any atom is -0.444 e. The summed E-state index contributed by atoms with van der Waals surface area (Å²) in [5, 5.41) is 3.40. The summed E-state index contributed by atoms with van der Waals surface area (Å²) < 4.78 is 5.45. The maximum atomic E-state index is 12.1. The third-order valence-corrected chi connectivity index (χ3v) is 3.28. The molecule has 0 aromatic heterocycles. The lowest BCUT2D eigenvalue weighted by Gasteiger charge is -2.27. The molecule has 0 aliphatic rings. The number of rotatable bonds is 7. The molecule has 0 aliphatic carbocycles. The molecule has 124 valence electrons. The van der Waals surface area contributed by atoms with E-state index in [1.165, 1.54) is 11.1 Å². The molecule has 0 radical (unpaired) electrons. The van der Waals surface area contributed by atoms with Gasteiger partial charge in [0.25, 0.3) is 0 Å². The second-order valence-electron chi connectivity index (χ2n) is 6.57. The highest BCUT2D eigenvalue weighted by atomic mass is 16.6. The van der Waals surface area contributed by atoms with Crippen molar-refractivity contribution in [1.29, 1.82) is 0 Å². The molecule has 0 fully saturated rings. The van der Waals surface area contributed by atoms with Crippen molar-refractivity contribution in [3.8, 4) is 0 Å². The van der Waals surface area contributed by atoms with E-state index in [2.05, 4.69) is 31.3 Å². The molecule has 0 heterocycles. The fourth-order valence-corrected chi connectivity index (χ4v) is 2.14. The Bertz CT molecular complexity index is 466. The standard InChI is InChI=1S/C18H30N2O2/c1-6-12-20(17(21)22-18(3,4)5)13-11-19-14-16-10-8-7-9-15(16)2/h7-10,19H,6,11-14H2,1-5H3. The van der Waals surface area contributed by atoms with E-state index in [4.69, 9.17) is 4.74 Å². The molecular weight excluding hydrogens is 276 g/mol. The maximum absolute atomic E-state index is 12.1. The van der Waals surface area contributed by atoms with Gasteiger partial charge in [-0.05, 0) is 45.2 Å². The highest BCUT2D eigenvalue weighted by molar-refractivity contribution is 5.68. The second-order valence-corrected chi connectivity index (χ2v) is 6.57. The van der Waals surface area contributed by atoms with Crippen LogP contribution < -0.4 is 5.32 Å². The molecule has 0 spiro atoms. The Kier molecular flexibility index (Phi) is 7.39. The van der Waals surface area contributed by atoms with Crippen LogP contribution in [0.2, 0.25) is 0 Å². The topological polar surface area (TPSA) is 41.6 Å². The molecule has 4 heteroatoms. The van der Waals surface area contributed by atoms with E-state index in [0.29, 0.717) is 6.54 Å². The monoisotopic (exact) mass is 306 g/mol. The summed E-state index contributed by atoms with van der Waals surface area (Å²) in [6.45, 7) is 12.8. The van der Waals surface area contributed by atoms with Gasteiger partial charge in [-0.1, -0.05) is 31.2 Å². The first-order chi connectivity index (χ1) is 10.3. The number of carbonyl (C=O) groups is 1. The number of aryl methyl sites for hydroxylation is 1. The van der Waals surface area contributed by atoms with E-state index in [1.807, 2.05) is 32.9 Å². The van der Waals surface area contributed by atoms with Gasteiger partial charge in [-0.15, -0.1) is 0 Å². The lowest BCUT2D eigenvalue weighted by atomic mass is 10.1. The molecule has 0 unspecified atom stereocenters. The minimum absolute atomic E-state index is 0.230. The van der Waals surface area contributed by atoms with Crippen LogP contribution in [0.3, 0.4) is 0 Å². The SMILES string of the molecule is CCCN(CCNCc1ccccc1C)C(=O)OC(C)(C)C. The van der Waals surface area contributed by atoms with Gasteiger partial charge in [-0.3, -0.25) is 0 Å². The first-order valence-corrected chi connectivity index (χ1v) is 8.06. The van der Waals surface area contributed by atoms with Gasteiger partial charge in [0, 0.05) is 26.2 Å². The van der Waals surface area contributed by atoms with Gasteiger partial charge in [-0.2, -0.15) is 0 Å². The largest absolute Gasteiger partial charge is 0.444 e. The Labute approximate surface area is 134 Å². The third kappa shape index (κ3) is 6.94. The van der Waals surface area contributed by atoms with Crippen LogP contribution in [0.1, 0.15) is 45.2 Å². The summed E-state index contributed by atoms with van der Waals surface area (Å²) in [5.41, 5.74) is 2.13. The zero-order valence-electron chi connectivity index (χ0n) is 14.6. The smallest absolute Gasteiger partial charge is 0.410 e. The quantitative estimate of drug-likeness (QED) is 0.780. The van der Waals surface area contributed by atoms with Crippen LogP contribution in [0.5, 0.6) is 0 Å². The number of hydrogen-bond acceptors (Lipinski definition) is 3. The van der Waals surface area contributed by atoms with Crippen molar-refractivity contribution in [2.24, 2.45) is 0 Å². The number of carbonyl (C=O) groups excluding carboxylic acids is 1. The number of hydrogen-bond donors (Lipinski definition) is 1. The summed E-state index contributed by atoms with van der Waals surface area (Å²) in [7, 11) is 0. The van der Waals surface area contributed by atoms with E-state index < -0.39 is 5.60 Å². The van der Waals surface area contributed by atoms with Crippen molar-refractivity contribution in [1.82, 2.24) is 10.2 Å². The molecule has 0 saturated carbocycles. The van der Waals surface area contributed by atoms with Crippen LogP contribution in [-0.4, -0.2) is 36.2 Å². The number of nitrogens with zero attached hydrogens (tertiary/aromatic N) is 1. The average Bonchev–Trinajstić information content (AvgIpc) is 2.42.